The number of likely N-dealkylation sites (N-methyl/N-ethyl adjacent to an activating group) is 1. The number of carbonyl (C=O) groups is 3. The first-order valence-electron chi connectivity index (χ1n) is 12.4. The lowest BCUT2D eigenvalue weighted by molar-refractivity contribution is -0.129. The van der Waals surface area contributed by atoms with Crippen molar-refractivity contribution >= 4 is 51.8 Å². The Bertz CT molecular complexity index is 1350. The summed E-state index contributed by atoms with van der Waals surface area (Å²) in [5, 5.41) is 6.68. The number of pyridine rings is 1. The average Bonchev–Trinajstić information content (AvgIpc) is 3.01. The molecular weight excluding hydrogens is 502 g/mol. The number of ether oxygens (including phenoxy) is 1. The van der Waals surface area contributed by atoms with Crippen molar-refractivity contribution in [2.75, 3.05) is 36.0 Å². The van der Waals surface area contributed by atoms with Gasteiger partial charge in [0.15, 0.2) is 0 Å². The lowest BCUT2D eigenvalue weighted by Crippen LogP contribution is -2.60. The van der Waals surface area contributed by atoms with Crippen LogP contribution in [0.15, 0.2) is 54.7 Å². The van der Waals surface area contributed by atoms with Crippen LogP contribution in [-0.2, 0) is 20.9 Å². The number of amides is 3. The van der Waals surface area contributed by atoms with Gasteiger partial charge >= 0.3 is 0 Å². The molecule has 0 bridgehead atoms. The molecule has 2 N–H and O–H groups in total. The maximum absolute atomic E-state index is 14.3. The van der Waals surface area contributed by atoms with Crippen molar-refractivity contribution in [1.82, 2.24) is 15.6 Å². The minimum Gasteiger partial charge on any atom is -0.495 e. The highest BCUT2D eigenvalue weighted by atomic mass is 32.2. The van der Waals surface area contributed by atoms with Crippen LogP contribution in [0.5, 0.6) is 5.75 Å². The first kappa shape index (κ1) is 27.4. The highest BCUT2D eigenvalue weighted by molar-refractivity contribution is 7.99. The molecular formula is C28H33N5O4S. The second-order valence-corrected chi connectivity index (χ2v) is 10.0. The molecule has 2 heterocycles. The number of nitrogens with one attached hydrogen (secondary N) is 2. The Balaban J connectivity index is 1.89. The fraction of sp³-hybridized carbons (Fsp3) is 0.357. The van der Waals surface area contributed by atoms with Gasteiger partial charge in [-0.2, -0.15) is 11.8 Å². The van der Waals surface area contributed by atoms with E-state index in [4.69, 9.17) is 4.74 Å². The van der Waals surface area contributed by atoms with Gasteiger partial charge in [-0.15, -0.1) is 0 Å². The number of methoxy groups -OCH3 is 1. The Labute approximate surface area is 226 Å². The largest absolute Gasteiger partial charge is 0.495 e. The smallest absolute Gasteiger partial charge is 0.252 e. The predicted octanol–water partition coefficient (Wildman–Crippen LogP) is 2.97. The van der Waals surface area contributed by atoms with Crippen LogP contribution < -0.4 is 25.2 Å². The van der Waals surface area contributed by atoms with Crippen LogP contribution in [0, 0.1) is 0 Å². The molecule has 9 nitrogen and oxygen atoms in total. The zero-order chi connectivity index (χ0) is 27.4. The maximum Gasteiger partial charge on any atom is 0.252 e. The van der Waals surface area contributed by atoms with Crippen LogP contribution in [0.25, 0.3) is 10.9 Å². The highest BCUT2D eigenvalue weighted by Gasteiger charge is 2.42. The number of aromatic nitrogens is 1. The predicted molar refractivity (Wildman–Crippen MR) is 152 cm³/mol. The quantitative estimate of drug-likeness (QED) is 0.457. The summed E-state index contributed by atoms with van der Waals surface area (Å²) in [6, 6.07) is 12.9. The number of carbonyl (C=O) groups excluding carboxylic acids is 3. The van der Waals surface area contributed by atoms with E-state index in [1.54, 1.807) is 44.0 Å². The third-order valence-electron chi connectivity index (χ3n) is 6.90. The van der Waals surface area contributed by atoms with Gasteiger partial charge in [-0.1, -0.05) is 30.3 Å². The first-order valence-corrected chi connectivity index (χ1v) is 13.8. The topological polar surface area (TPSA) is 104 Å². The summed E-state index contributed by atoms with van der Waals surface area (Å²) in [5.74, 6) is 0.00579. The Morgan fingerprint density at radius 2 is 1.82 bits per heavy atom. The number of hydrogen-bond acceptors (Lipinski definition) is 7. The molecule has 3 atom stereocenters. The summed E-state index contributed by atoms with van der Waals surface area (Å²) in [6.07, 6.45) is 3.51. The van der Waals surface area contributed by atoms with Crippen molar-refractivity contribution in [3.05, 3.63) is 60.3 Å². The van der Waals surface area contributed by atoms with Crippen molar-refractivity contribution < 1.29 is 19.1 Å². The molecule has 1 aromatic heterocycles. The standard InChI is InChI=1S/C28H33N5O4S/c1-17(29-3)27(35)31-26-18(2)33(25(34)16-38-5)23-13-9-8-12-22(23)32(28(26)36)15-20-19-10-6-7-11-21(19)30-14-24(20)37-4/h6-14,17-18,26,29H,15-16H2,1-5H3,(H,31,35)/t17-,18-,26?/m0/s1. The summed E-state index contributed by atoms with van der Waals surface area (Å²) in [5.41, 5.74) is 2.76. The van der Waals surface area contributed by atoms with Crippen molar-refractivity contribution in [1.29, 1.82) is 0 Å². The summed E-state index contributed by atoms with van der Waals surface area (Å²) in [6.45, 7) is 3.68. The van der Waals surface area contributed by atoms with Crippen molar-refractivity contribution in [3.8, 4) is 5.75 Å². The number of thioether (sulfide) groups is 1. The monoisotopic (exact) mass is 535 g/mol. The summed E-state index contributed by atoms with van der Waals surface area (Å²) >= 11 is 1.41. The van der Waals surface area contributed by atoms with Gasteiger partial charge in [-0.05, 0) is 45.4 Å². The van der Waals surface area contributed by atoms with Gasteiger partial charge in [0.05, 0.1) is 54.6 Å². The molecule has 1 aliphatic heterocycles. The molecule has 0 spiro atoms. The molecule has 2 aromatic carbocycles. The third-order valence-corrected chi connectivity index (χ3v) is 7.43. The number of hydrogen-bond donors (Lipinski definition) is 2. The molecule has 3 amide bonds. The highest BCUT2D eigenvalue weighted by Crippen LogP contribution is 2.38. The number of anilines is 2. The van der Waals surface area contributed by atoms with E-state index >= 15 is 0 Å². The van der Waals surface area contributed by atoms with Crippen LogP contribution in [-0.4, -0.2) is 67.0 Å². The molecule has 1 unspecified atom stereocenters. The van der Waals surface area contributed by atoms with Gasteiger partial charge in [0.2, 0.25) is 11.8 Å². The summed E-state index contributed by atoms with van der Waals surface area (Å²) in [7, 11) is 3.25. The maximum atomic E-state index is 14.3. The molecule has 38 heavy (non-hydrogen) atoms. The molecule has 200 valence electrons. The van der Waals surface area contributed by atoms with E-state index in [1.165, 1.54) is 11.8 Å². The Morgan fingerprint density at radius 1 is 1.13 bits per heavy atom. The van der Waals surface area contributed by atoms with E-state index in [1.807, 2.05) is 54.8 Å². The second kappa shape index (κ2) is 11.8. The van der Waals surface area contributed by atoms with Gasteiger partial charge < -0.3 is 25.2 Å². The number of benzene rings is 2. The lowest BCUT2D eigenvalue weighted by Gasteiger charge is -2.32. The van der Waals surface area contributed by atoms with Crippen molar-refractivity contribution in [3.63, 3.8) is 0 Å². The molecule has 0 saturated heterocycles. The van der Waals surface area contributed by atoms with Crippen LogP contribution in [0.3, 0.4) is 0 Å². The first-order chi connectivity index (χ1) is 18.3. The molecule has 10 heteroatoms. The second-order valence-electron chi connectivity index (χ2n) is 9.17. The van der Waals surface area contributed by atoms with E-state index in [-0.39, 0.29) is 30.0 Å². The van der Waals surface area contributed by atoms with Crippen LogP contribution in [0.4, 0.5) is 11.4 Å². The van der Waals surface area contributed by atoms with Gasteiger partial charge in [0, 0.05) is 10.9 Å². The van der Waals surface area contributed by atoms with Gasteiger partial charge in [-0.3, -0.25) is 19.4 Å². The summed E-state index contributed by atoms with van der Waals surface area (Å²) in [4.78, 5) is 48.5. The van der Waals surface area contributed by atoms with E-state index in [0.717, 1.165) is 16.5 Å². The SMILES string of the molecule is CN[C@@H](C)C(=O)NC1C(=O)N(Cc2c(OC)cnc3ccccc23)c2ccccc2N(C(=O)CSC)[C@H]1C. The Kier molecular flexibility index (Phi) is 8.53. The third kappa shape index (κ3) is 5.19. The molecule has 1 aliphatic rings. The number of para-hydroxylation sites is 3. The van der Waals surface area contributed by atoms with Gasteiger partial charge in [0.1, 0.15) is 11.8 Å². The number of fused-ring (bicyclic) bond motifs is 2. The van der Waals surface area contributed by atoms with Gasteiger partial charge in [0.25, 0.3) is 5.91 Å². The molecule has 0 fully saturated rings. The number of rotatable bonds is 8. The molecule has 4 rings (SSSR count). The molecule has 3 aromatic rings. The fourth-order valence-corrected chi connectivity index (χ4v) is 5.13. The zero-order valence-electron chi connectivity index (χ0n) is 22.2. The Morgan fingerprint density at radius 3 is 2.50 bits per heavy atom. The van der Waals surface area contributed by atoms with E-state index in [0.29, 0.717) is 17.1 Å². The van der Waals surface area contributed by atoms with Crippen LogP contribution >= 0.6 is 11.8 Å². The zero-order valence-corrected chi connectivity index (χ0v) is 23.0. The van der Waals surface area contributed by atoms with Crippen LogP contribution in [0.2, 0.25) is 0 Å². The van der Waals surface area contributed by atoms with Crippen molar-refractivity contribution in [2.24, 2.45) is 0 Å². The normalized spacial score (nSPS) is 18.1. The number of nitrogens with zero attached hydrogens (tertiary/aromatic N) is 3. The Hall–Kier alpha value is -3.63. The lowest BCUT2D eigenvalue weighted by atomic mass is 10.0. The van der Waals surface area contributed by atoms with E-state index in [2.05, 4.69) is 15.6 Å². The summed E-state index contributed by atoms with van der Waals surface area (Å²) < 4.78 is 5.65. The average molecular weight is 536 g/mol. The minimum absolute atomic E-state index is 0.139. The van der Waals surface area contributed by atoms with E-state index < -0.39 is 18.1 Å². The molecule has 0 saturated carbocycles. The van der Waals surface area contributed by atoms with Gasteiger partial charge in [-0.25, -0.2) is 0 Å². The fourth-order valence-electron chi connectivity index (χ4n) is 4.74. The molecule has 0 aliphatic carbocycles. The minimum atomic E-state index is -0.976. The molecule has 0 radical (unpaired) electrons. The van der Waals surface area contributed by atoms with Crippen LogP contribution in [0.1, 0.15) is 19.4 Å². The van der Waals surface area contributed by atoms with E-state index in [9.17, 15) is 14.4 Å². The van der Waals surface area contributed by atoms with Crippen molar-refractivity contribution in [2.45, 2.75) is 38.5 Å².